The average Bonchev–Trinajstić information content (AvgIpc) is 2.44. The topological polar surface area (TPSA) is 130 Å². The summed E-state index contributed by atoms with van der Waals surface area (Å²) in [5, 5.41) is 7.42. The van der Waals surface area contributed by atoms with E-state index in [-0.39, 0.29) is 17.1 Å². The van der Waals surface area contributed by atoms with Crippen molar-refractivity contribution in [1.82, 2.24) is 16.0 Å². The zero-order valence-corrected chi connectivity index (χ0v) is 15.9. The van der Waals surface area contributed by atoms with Crippen LogP contribution in [0.4, 0.5) is 4.79 Å². The lowest BCUT2D eigenvalue weighted by Crippen LogP contribution is -2.55. The zero-order chi connectivity index (χ0) is 19.1. The molecule has 5 N–H and O–H groups in total. The molecule has 0 bridgehead atoms. The molecule has 4 amide bonds. The van der Waals surface area contributed by atoms with Crippen molar-refractivity contribution >= 4 is 34.7 Å². The third-order valence-corrected chi connectivity index (χ3v) is 3.92. The van der Waals surface area contributed by atoms with Gasteiger partial charge in [0.2, 0.25) is 17.7 Å². The van der Waals surface area contributed by atoms with E-state index in [2.05, 4.69) is 16.0 Å². The van der Waals surface area contributed by atoms with Crippen molar-refractivity contribution in [3.05, 3.63) is 0 Å². The van der Waals surface area contributed by atoms with Crippen LogP contribution in [0.2, 0.25) is 0 Å². The first-order chi connectivity index (χ1) is 10.9. The third kappa shape index (κ3) is 8.19. The van der Waals surface area contributed by atoms with Gasteiger partial charge in [-0.25, -0.2) is 0 Å². The molecule has 0 saturated carbocycles. The van der Waals surface area contributed by atoms with Crippen molar-refractivity contribution in [2.24, 2.45) is 11.1 Å². The summed E-state index contributed by atoms with van der Waals surface area (Å²) in [5.74, 6) is -1.41. The predicted octanol–water partition coefficient (Wildman–Crippen LogP) is 0.359. The fourth-order valence-electron chi connectivity index (χ4n) is 1.78. The molecule has 24 heavy (non-hydrogen) atoms. The number of nitrogens with one attached hydrogen (secondary N) is 3. The molecular formula is C15H28N4O4S. The molecule has 3 atom stereocenters. The third-order valence-electron chi connectivity index (χ3n) is 3.43. The second-order valence-corrected chi connectivity index (χ2v) is 7.46. The Balaban J connectivity index is 4.71. The van der Waals surface area contributed by atoms with Crippen LogP contribution < -0.4 is 21.7 Å². The maximum absolute atomic E-state index is 12.2. The van der Waals surface area contributed by atoms with E-state index in [1.165, 1.54) is 13.8 Å². The monoisotopic (exact) mass is 360 g/mol. The van der Waals surface area contributed by atoms with Crippen molar-refractivity contribution in [1.29, 1.82) is 0 Å². The summed E-state index contributed by atoms with van der Waals surface area (Å²) in [6.45, 7) is 8.69. The molecule has 0 fully saturated rings. The van der Waals surface area contributed by atoms with Crippen molar-refractivity contribution in [3.63, 3.8) is 0 Å². The van der Waals surface area contributed by atoms with E-state index in [1.54, 1.807) is 6.26 Å². The summed E-state index contributed by atoms with van der Waals surface area (Å²) in [6.07, 6.45) is 1.61. The molecule has 0 aliphatic carbocycles. The van der Waals surface area contributed by atoms with Crippen molar-refractivity contribution in [2.75, 3.05) is 6.26 Å². The van der Waals surface area contributed by atoms with Crippen molar-refractivity contribution in [3.8, 4) is 0 Å². The highest BCUT2D eigenvalue weighted by Gasteiger charge is 2.30. The second kappa shape index (κ2) is 9.51. The molecule has 0 aromatic heterocycles. The molecule has 0 rings (SSSR count). The molecule has 0 aliphatic rings. The highest BCUT2D eigenvalue weighted by atomic mass is 32.2. The Morgan fingerprint density at radius 3 is 1.83 bits per heavy atom. The normalized spacial score (nSPS) is 14.9. The van der Waals surface area contributed by atoms with Crippen LogP contribution >= 0.6 is 11.8 Å². The van der Waals surface area contributed by atoms with Gasteiger partial charge in [0.25, 0.3) is 5.24 Å². The second-order valence-electron chi connectivity index (χ2n) is 6.69. The number of amides is 4. The van der Waals surface area contributed by atoms with E-state index in [0.29, 0.717) is 0 Å². The van der Waals surface area contributed by atoms with Gasteiger partial charge in [0.05, 0.1) is 0 Å². The lowest BCUT2D eigenvalue weighted by atomic mass is 9.84. The van der Waals surface area contributed by atoms with Gasteiger partial charge in [0.15, 0.2) is 0 Å². The lowest BCUT2D eigenvalue weighted by Gasteiger charge is -2.31. The summed E-state index contributed by atoms with van der Waals surface area (Å²) in [4.78, 5) is 46.6. The Morgan fingerprint density at radius 1 is 0.958 bits per heavy atom. The number of carbonyl (C=O) groups excluding carboxylic acids is 4. The van der Waals surface area contributed by atoms with Gasteiger partial charge in [-0.1, -0.05) is 32.5 Å². The Kier molecular flexibility index (Phi) is 8.81. The molecule has 8 nitrogen and oxygen atoms in total. The van der Waals surface area contributed by atoms with E-state index in [0.717, 1.165) is 11.8 Å². The van der Waals surface area contributed by atoms with Crippen molar-refractivity contribution in [2.45, 2.75) is 59.2 Å². The van der Waals surface area contributed by atoms with Gasteiger partial charge in [-0.05, 0) is 25.5 Å². The van der Waals surface area contributed by atoms with Crippen LogP contribution in [-0.2, 0) is 14.4 Å². The first-order valence-corrected chi connectivity index (χ1v) is 8.84. The number of hydrogen-bond donors (Lipinski definition) is 4. The quantitative estimate of drug-likeness (QED) is 0.521. The molecule has 3 unspecified atom stereocenters. The molecule has 0 aliphatic heterocycles. The predicted molar refractivity (Wildman–Crippen MR) is 94.3 cm³/mol. The standard InChI is InChI=1S/C15H28N4O4S/c1-8(17-12(21)9(2)18-14(23)24-6)13(22)19-10(7-11(16)20)15(3,4)5/h8-10H,7H2,1-6H3,(H2,16,20)(H,17,21)(H,18,23)(H,19,22). The van der Waals surface area contributed by atoms with Gasteiger partial charge in [0, 0.05) is 12.5 Å². The maximum atomic E-state index is 12.2. The van der Waals surface area contributed by atoms with Gasteiger partial charge in [-0.15, -0.1) is 0 Å². The molecule has 0 aromatic carbocycles. The fourth-order valence-corrected chi connectivity index (χ4v) is 2.07. The smallest absolute Gasteiger partial charge is 0.279 e. The molecular weight excluding hydrogens is 332 g/mol. The molecule has 0 saturated heterocycles. The van der Waals surface area contributed by atoms with Gasteiger partial charge >= 0.3 is 0 Å². The molecule has 0 heterocycles. The van der Waals surface area contributed by atoms with Crippen LogP contribution in [-0.4, -0.2) is 47.3 Å². The minimum absolute atomic E-state index is 0.0100. The SMILES string of the molecule is CSC(=O)NC(C)C(=O)NC(C)C(=O)NC(CC(N)=O)C(C)(C)C. The summed E-state index contributed by atoms with van der Waals surface area (Å²) >= 11 is 0.959. The highest BCUT2D eigenvalue weighted by molar-refractivity contribution is 8.12. The molecule has 138 valence electrons. The Bertz CT molecular complexity index is 490. The van der Waals surface area contributed by atoms with E-state index in [1.807, 2.05) is 20.8 Å². The van der Waals surface area contributed by atoms with Gasteiger partial charge in [-0.3, -0.25) is 19.2 Å². The minimum Gasteiger partial charge on any atom is -0.370 e. The van der Waals surface area contributed by atoms with E-state index < -0.39 is 35.8 Å². The Labute approximate surface area is 147 Å². The van der Waals surface area contributed by atoms with Crippen LogP contribution in [0, 0.1) is 5.41 Å². The average molecular weight is 360 g/mol. The number of hydrogen-bond acceptors (Lipinski definition) is 5. The Hall–Kier alpha value is -1.77. The number of nitrogens with two attached hydrogens (primary N) is 1. The number of carbonyl (C=O) groups is 4. The number of rotatable bonds is 7. The van der Waals surface area contributed by atoms with Crippen molar-refractivity contribution < 1.29 is 19.2 Å². The first-order valence-electron chi connectivity index (χ1n) is 7.62. The van der Waals surface area contributed by atoms with Crippen LogP contribution in [0.25, 0.3) is 0 Å². The van der Waals surface area contributed by atoms with E-state index in [4.69, 9.17) is 5.73 Å². The lowest BCUT2D eigenvalue weighted by molar-refractivity contribution is -0.130. The summed E-state index contributed by atoms with van der Waals surface area (Å²) in [5.41, 5.74) is 4.85. The summed E-state index contributed by atoms with van der Waals surface area (Å²) in [6, 6.07) is -2.02. The highest BCUT2D eigenvalue weighted by Crippen LogP contribution is 2.21. The van der Waals surface area contributed by atoms with Gasteiger partial charge in [-0.2, -0.15) is 0 Å². The Morgan fingerprint density at radius 2 is 1.42 bits per heavy atom. The number of thioether (sulfide) groups is 1. The maximum Gasteiger partial charge on any atom is 0.279 e. The van der Waals surface area contributed by atoms with Gasteiger partial charge < -0.3 is 21.7 Å². The fraction of sp³-hybridized carbons (Fsp3) is 0.733. The molecule has 0 spiro atoms. The summed E-state index contributed by atoms with van der Waals surface area (Å²) in [7, 11) is 0. The zero-order valence-electron chi connectivity index (χ0n) is 15.1. The van der Waals surface area contributed by atoms with E-state index in [9.17, 15) is 19.2 Å². The molecule has 0 radical (unpaired) electrons. The first kappa shape index (κ1) is 22.2. The van der Waals surface area contributed by atoms with Gasteiger partial charge in [0.1, 0.15) is 12.1 Å². The number of primary amides is 1. The van der Waals surface area contributed by atoms with Crippen LogP contribution in [0.15, 0.2) is 0 Å². The summed E-state index contributed by atoms with van der Waals surface area (Å²) < 4.78 is 0. The van der Waals surface area contributed by atoms with E-state index >= 15 is 0 Å². The van der Waals surface area contributed by atoms with Crippen LogP contribution in [0.1, 0.15) is 41.0 Å². The van der Waals surface area contributed by atoms with Crippen LogP contribution in [0.3, 0.4) is 0 Å². The largest absolute Gasteiger partial charge is 0.370 e. The minimum atomic E-state index is -0.816. The molecule has 9 heteroatoms. The molecule has 0 aromatic rings. The van der Waals surface area contributed by atoms with Crippen LogP contribution in [0.5, 0.6) is 0 Å².